The minimum atomic E-state index is -0.158. The maximum Gasteiger partial charge on any atom is 0.231 e. The first-order valence-corrected chi connectivity index (χ1v) is 8.18. The Morgan fingerprint density at radius 3 is 2.77 bits per heavy atom. The Hall–Kier alpha value is -3.47. The van der Waals surface area contributed by atoms with E-state index < -0.39 is 0 Å². The molecule has 0 radical (unpaired) electrons. The van der Waals surface area contributed by atoms with Gasteiger partial charge in [0.2, 0.25) is 12.2 Å². The predicted octanol–water partition coefficient (Wildman–Crippen LogP) is 3.23. The van der Waals surface area contributed by atoms with E-state index in [9.17, 15) is 4.79 Å². The predicted molar refractivity (Wildman–Crippen MR) is 97.9 cm³/mol. The molecule has 2 heterocycles. The summed E-state index contributed by atoms with van der Waals surface area (Å²) < 4.78 is 22.0. The molecule has 0 unspecified atom stereocenters. The van der Waals surface area contributed by atoms with Gasteiger partial charge >= 0.3 is 0 Å². The summed E-state index contributed by atoms with van der Waals surface area (Å²) in [6.45, 7) is 0.210. The maximum absolute atomic E-state index is 13.0. The third-order valence-electron chi connectivity index (χ3n) is 4.57. The van der Waals surface area contributed by atoms with Crippen LogP contribution in [-0.4, -0.2) is 13.9 Å². The van der Waals surface area contributed by atoms with Crippen LogP contribution < -0.4 is 25.1 Å². The van der Waals surface area contributed by atoms with Crippen molar-refractivity contribution in [3.05, 3.63) is 69.7 Å². The first-order chi connectivity index (χ1) is 12.7. The summed E-state index contributed by atoms with van der Waals surface area (Å²) in [6.07, 6.45) is 1.72. The van der Waals surface area contributed by atoms with E-state index in [1.165, 1.54) is 0 Å². The van der Waals surface area contributed by atoms with E-state index >= 15 is 0 Å². The van der Waals surface area contributed by atoms with Crippen molar-refractivity contribution in [3.8, 4) is 17.2 Å². The normalized spacial score (nSPS) is 13.7. The Kier molecular flexibility index (Phi) is 3.15. The number of rotatable bonds is 2. The van der Waals surface area contributed by atoms with Crippen molar-refractivity contribution in [1.29, 1.82) is 0 Å². The van der Waals surface area contributed by atoms with Crippen molar-refractivity contribution >= 4 is 27.8 Å². The molecule has 128 valence electrons. The summed E-state index contributed by atoms with van der Waals surface area (Å²) in [5.41, 5.74) is 1.56. The van der Waals surface area contributed by atoms with Crippen LogP contribution in [-0.2, 0) is 0 Å². The van der Waals surface area contributed by atoms with Crippen LogP contribution in [0, 0.1) is 0 Å². The van der Waals surface area contributed by atoms with E-state index in [1.54, 1.807) is 19.3 Å². The molecule has 0 N–H and O–H groups in total. The van der Waals surface area contributed by atoms with Gasteiger partial charge in [0.05, 0.1) is 7.11 Å². The van der Waals surface area contributed by atoms with Crippen LogP contribution >= 0.6 is 0 Å². The highest BCUT2D eigenvalue weighted by molar-refractivity contribution is 6.09. The van der Waals surface area contributed by atoms with Crippen LogP contribution in [0.15, 0.2) is 57.7 Å². The van der Waals surface area contributed by atoms with E-state index in [2.05, 4.69) is 0 Å². The fourth-order valence-electron chi connectivity index (χ4n) is 3.35. The second-order valence-corrected chi connectivity index (χ2v) is 6.05. The minimum absolute atomic E-state index is 0.158. The third kappa shape index (κ3) is 2.14. The van der Waals surface area contributed by atoms with E-state index in [0.29, 0.717) is 28.2 Å². The smallest absolute Gasteiger partial charge is 0.231 e. The maximum atomic E-state index is 13.0. The largest absolute Gasteiger partial charge is 0.496 e. The first kappa shape index (κ1) is 14.8. The van der Waals surface area contributed by atoms with Crippen LogP contribution in [0.1, 0.15) is 5.56 Å². The quantitative estimate of drug-likeness (QED) is 0.558. The van der Waals surface area contributed by atoms with Gasteiger partial charge in [-0.15, -0.1) is 0 Å². The van der Waals surface area contributed by atoms with Crippen LogP contribution in [0.2, 0.25) is 0 Å². The van der Waals surface area contributed by atoms with Crippen molar-refractivity contribution in [2.75, 3.05) is 13.9 Å². The summed E-state index contributed by atoms with van der Waals surface area (Å²) in [5.74, 6) is 2.07. The van der Waals surface area contributed by atoms with Crippen LogP contribution in [0.3, 0.4) is 0 Å². The highest BCUT2D eigenvalue weighted by Gasteiger charge is 2.14. The molecule has 0 atom stereocenters. The highest BCUT2D eigenvalue weighted by Crippen LogP contribution is 2.33. The van der Waals surface area contributed by atoms with Gasteiger partial charge in [-0.05, 0) is 42.0 Å². The zero-order valence-electron chi connectivity index (χ0n) is 13.9. The van der Waals surface area contributed by atoms with Crippen molar-refractivity contribution < 1.29 is 18.6 Å². The van der Waals surface area contributed by atoms with Gasteiger partial charge in [-0.2, -0.15) is 0 Å². The molecular weight excluding hydrogens is 332 g/mol. The van der Waals surface area contributed by atoms with E-state index in [4.69, 9.17) is 18.6 Å². The molecule has 3 aromatic carbocycles. The van der Waals surface area contributed by atoms with Gasteiger partial charge in [0.15, 0.2) is 16.9 Å². The highest BCUT2D eigenvalue weighted by atomic mass is 16.7. The van der Waals surface area contributed by atoms with Crippen LogP contribution in [0.5, 0.6) is 17.2 Å². The van der Waals surface area contributed by atoms with Gasteiger partial charge in [0, 0.05) is 16.2 Å². The first-order valence-electron chi connectivity index (χ1n) is 8.18. The second kappa shape index (κ2) is 5.52. The standard InChI is InChI=1S/C21H14O5/c1-23-15-8-6-14-20-13(15)3-2-4-17(20)26-19(21(14)22)10-12-5-7-16-18(9-12)25-11-24-16/h2-10H,11H2,1H3/b19-10+. The van der Waals surface area contributed by atoms with Crippen molar-refractivity contribution in [2.45, 2.75) is 0 Å². The van der Waals surface area contributed by atoms with Crippen molar-refractivity contribution in [1.82, 2.24) is 0 Å². The lowest BCUT2D eigenvalue weighted by atomic mass is 10.0. The number of methoxy groups -OCH3 is 1. The molecule has 0 amide bonds. The monoisotopic (exact) mass is 346 g/mol. The Bertz CT molecular complexity index is 1270. The summed E-state index contributed by atoms with van der Waals surface area (Å²) in [4.78, 5) is 13.0. The van der Waals surface area contributed by atoms with Gasteiger partial charge in [0.1, 0.15) is 11.3 Å². The lowest BCUT2D eigenvalue weighted by Crippen LogP contribution is -2.24. The molecule has 0 fully saturated rings. The number of ether oxygens (including phenoxy) is 3. The number of benzene rings is 3. The molecule has 1 aromatic heterocycles. The lowest BCUT2D eigenvalue weighted by Gasteiger charge is -2.08. The molecule has 4 aromatic rings. The summed E-state index contributed by atoms with van der Waals surface area (Å²) >= 11 is 0. The molecule has 0 saturated carbocycles. The van der Waals surface area contributed by atoms with Gasteiger partial charge in [-0.3, -0.25) is 4.79 Å². The zero-order valence-corrected chi connectivity index (χ0v) is 13.9. The van der Waals surface area contributed by atoms with Crippen LogP contribution in [0.25, 0.3) is 27.8 Å². The van der Waals surface area contributed by atoms with Gasteiger partial charge in [-0.1, -0.05) is 18.2 Å². The van der Waals surface area contributed by atoms with E-state index in [1.807, 2.05) is 42.5 Å². The minimum Gasteiger partial charge on any atom is -0.496 e. The SMILES string of the molecule is COc1ccc2c(=O)/c(=C\c3ccc4c(c3)OCO4)oc3cccc1c32. The molecular formula is C21H14O5. The molecule has 0 spiro atoms. The van der Waals surface area contributed by atoms with Gasteiger partial charge in [0.25, 0.3) is 0 Å². The van der Waals surface area contributed by atoms with Gasteiger partial charge < -0.3 is 18.6 Å². The van der Waals surface area contributed by atoms with Gasteiger partial charge in [-0.25, -0.2) is 0 Å². The molecule has 5 rings (SSSR count). The Morgan fingerprint density at radius 1 is 1.00 bits per heavy atom. The fourth-order valence-corrected chi connectivity index (χ4v) is 3.35. The average Bonchev–Trinajstić information content (AvgIpc) is 3.13. The number of hydrogen-bond donors (Lipinski definition) is 0. The van der Waals surface area contributed by atoms with Crippen LogP contribution in [0.4, 0.5) is 0 Å². The summed E-state index contributed by atoms with van der Waals surface area (Å²) in [6, 6.07) is 14.8. The Labute approximate surface area is 148 Å². The average molecular weight is 346 g/mol. The molecule has 1 aliphatic heterocycles. The van der Waals surface area contributed by atoms with E-state index in [-0.39, 0.29) is 17.6 Å². The number of hydrogen-bond acceptors (Lipinski definition) is 5. The lowest BCUT2D eigenvalue weighted by molar-refractivity contribution is 0.174. The third-order valence-corrected chi connectivity index (χ3v) is 4.57. The summed E-state index contributed by atoms with van der Waals surface area (Å²) in [7, 11) is 1.61. The van der Waals surface area contributed by atoms with E-state index in [0.717, 1.165) is 16.3 Å². The molecule has 26 heavy (non-hydrogen) atoms. The molecule has 0 aliphatic carbocycles. The summed E-state index contributed by atoms with van der Waals surface area (Å²) in [5, 5.41) is 2.24. The Morgan fingerprint density at radius 2 is 1.88 bits per heavy atom. The molecule has 1 aliphatic rings. The van der Waals surface area contributed by atoms with Crippen molar-refractivity contribution in [2.24, 2.45) is 0 Å². The Balaban J connectivity index is 1.80. The second-order valence-electron chi connectivity index (χ2n) is 6.05. The fraction of sp³-hybridized carbons (Fsp3) is 0.0952. The number of fused-ring (bicyclic) bond motifs is 1. The molecule has 5 nitrogen and oxygen atoms in total. The molecule has 0 bridgehead atoms. The topological polar surface area (TPSA) is 57.9 Å². The molecule has 0 saturated heterocycles. The zero-order chi connectivity index (χ0) is 17.7. The molecule has 5 heteroatoms. The van der Waals surface area contributed by atoms with Crippen molar-refractivity contribution in [3.63, 3.8) is 0 Å².